The van der Waals surface area contributed by atoms with E-state index in [2.05, 4.69) is 31.1 Å². The maximum Gasteiger partial charge on any atom is 0.00941 e. The lowest BCUT2D eigenvalue weighted by Gasteiger charge is -2.36. The molecule has 0 bridgehead atoms. The molecule has 1 saturated heterocycles. The molecule has 0 amide bonds. The Morgan fingerprint density at radius 2 is 1.94 bits per heavy atom. The summed E-state index contributed by atoms with van der Waals surface area (Å²) >= 11 is 0. The zero-order chi connectivity index (χ0) is 11.5. The first-order valence-corrected chi connectivity index (χ1v) is 7.08. The molecule has 0 aromatic heterocycles. The van der Waals surface area contributed by atoms with Gasteiger partial charge in [-0.05, 0) is 64.6 Å². The van der Waals surface area contributed by atoms with Gasteiger partial charge in [0, 0.05) is 12.1 Å². The maximum atomic E-state index is 3.81. The van der Waals surface area contributed by atoms with Crippen molar-refractivity contribution >= 4 is 0 Å². The van der Waals surface area contributed by atoms with Gasteiger partial charge >= 0.3 is 0 Å². The second-order valence-corrected chi connectivity index (χ2v) is 6.24. The van der Waals surface area contributed by atoms with E-state index >= 15 is 0 Å². The molecule has 1 N–H and O–H groups in total. The van der Waals surface area contributed by atoms with Crippen molar-refractivity contribution in [1.29, 1.82) is 0 Å². The van der Waals surface area contributed by atoms with E-state index in [0.717, 1.165) is 23.9 Å². The lowest BCUT2D eigenvalue weighted by Crippen LogP contribution is -2.46. The number of piperidine rings is 1. The molecule has 4 unspecified atom stereocenters. The fourth-order valence-electron chi connectivity index (χ4n) is 3.32. The van der Waals surface area contributed by atoms with Crippen LogP contribution < -0.4 is 5.32 Å². The van der Waals surface area contributed by atoms with Crippen LogP contribution in [0.2, 0.25) is 0 Å². The minimum Gasteiger partial charge on any atom is -0.314 e. The summed E-state index contributed by atoms with van der Waals surface area (Å²) in [4.78, 5) is 2.48. The standard InChI is InChI=1S/C14H28N2/c1-11-4-5-13(8-11)10-15-14-6-7-16(3)12(2)9-14/h11-15H,4-10H2,1-3H3. The molecule has 0 spiro atoms. The average Bonchev–Trinajstić information content (AvgIpc) is 2.66. The summed E-state index contributed by atoms with van der Waals surface area (Å²) in [6.07, 6.45) is 7.03. The van der Waals surface area contributed by atoms with Gasteiger partial charge in [-0.3, -0.25) is 0 Å². The van der Waals surface area contributed by atoms with Crippen LogP contribution in [-0.2, 0) is 0 Å². The molecular weight excluding hydrogens is 196 g/mol. The van der Waals surface area contributed by atoms with E-state index in [0.29, 0.717) is 0 Å². The number of likely N-dealkylation sites (tertiary alicyclic amines) is 1. The van der Waals surface area contributed by atoms with Crippen molar-refractivity contribution in [3.05, 3.63) is 0 Å². The Bertz CT molecular complexity index is 217. The highest BCUT2D eigenvalue weighted by atomic mass is 15.1. The Balaban J connectivity index is 1.66. The number of rotatable bonds is 3. The zero-order valence-electron chi connectivity index (χ0n) is 11.2. The van der Waals surface area contributed by atoms with Gasteiger partial charge in [-0.15, -0.1) is 0 Å². The van der Waals surface area contributed by atoms with E-state index in [1.807, 2.05) is 0 Å². The van der Waals surface area contributed by atoms with Crippen molar-refractivity contribution in [3.8, 4) is 0 Å². The summed E-state index contributed by atoms with van der Waals surface area (Å²) < 4.78 is 0. The molecule has 1 saturated carbocycles. The molecule has 2 rings (SSSR count). The molecule has 0 radical (unpaired) electrons. The molecule has 0 aromatic rings. The third-order valence-corrected chi connectivity index (χ3v) is 4.71. The van der Waals surface area contributed by atoms with Crippen molar-refractivity contribution in [2.75, 3.05) is 20.1 Å². The molecular formula is C14H28N2. The van der Waals surface area contributed by atoms with E-state index in [1.165, 1.54) is 45.2 Å². The van der Waals surface area contributed by atoms with E-state index in [4.69, 9.17) is 0 Å². The van der Waals surface area contributed by atoms with Crippen LogP contribution in [0.5, 0.6) is 0 Å². The molecule has 2 heteroatoms. The highest BCUT2D eigenvalue weighted by molar-refractivity contribution is 4.83. The summed E-state index contributed by atoms with van der Waals surface area (Å²) in [5.74, 6) is 1.94. The van der Waals surface area contributed by atoms with Gasteiger partial charge in [-0.2, -0.15) is 0 Å². The summed E-state index contributed by atoms with van der Waals surface area (Å²) in [6.45, 7) is 7.29. The summed E-state index contributed by atoms with van der Waals surface area (Å²) in [5.41, 5.74) is 0. The number of nitrogens with zero attached hydrogens (tertiary/aromatic N) is 1. The lowest BCUT2D eigenvalue weighted by molar-refractivity contribution is 0.166. The Hall–Kier alpha value is -0.0800. The van der Waals surface area contributed by atoms with Crippen LogP contribution in [0, 0.1) is 11.8 Å². The number of hydrogen-bond acceptors (Lipinski definition) is 2. The number of hydrogen-bond donors (Lipinski definition) is 1. The van der Waals surface area contributed by atoms with Gasteiger partial charge in [0.05, 0.1) is 0 Å². The molecule has 16 heavy (non-hydrogen) atoms. The average molecular weight is 224 g/mol. The van der Waals surface area contributed by atoms with Crippen molar-refractivity contribution in [1.82, 2.24) is 10.2 Å². The van der Waals surface area contributed by atoms with E-state index in [1.54, 1.807) is 0 Å². The monoisotopic (exact) mass is 224 g/mol. The topological polar surface area (TPSA) is 15.3 Å². The highest BCUT2D eigenvalue weighted by Crippen LogP contribution is 2.30. The first-order chi connectivity index (χ1) is 7.65. The second-order valence-electron chi connectivity index (χ2n) is 6.24. The SMILES string of the molecule is CC1CCC(CNC2CCN(C)C(C)C2)C1. The molecule has 0 aromatic carbocycles. The second kappa shape index (κ2) is 5.50. The normalized spacial score (nSPS) is 41.4. The Morgan fingerprint density at radius 1 is 1.12 bits per heavy atom. The van der Waals surface area contributed by atoms with Gasteiger partial charge in [0.1, 0.15) is 0 Å². The Labute approximate surface area is 101 Å². The predicted octanol–water partition coefficient (Wildman–Crippen LogP) is 2.49. The van der Waals surface area contributed by atoms with Crippen molar-refractivity contribution in [3.63, 3.8) is 0 Å². The van der Waals surface area contributed by atoms with Crippen LogP contribution in [0.3, 0.4) is 0 Å². The van der Waals surface area contributed by atoms with Gasteiger partial charge in [-0.1, -0.05) is 13.3 Å². The Morgan fingerprint density at radius 3 is 2.56 bits per heavy atom. The molecule has 2 fully saturated rings. The van der Waals surface area contributed by atoms with E-state index in [-0.39, 0.29) is 0 Å². The van der Waals surface area contributed by atoms with Crippen LogP contribution in [0.4, 0.5) is 0 Å². The maximum absolute atomic E-state index is 3.81. The minimum absolute atomic E-state index is 0.758. The van der Waals surface area contributed by atoms with Crippen LogP contribution in [0.15, 0.2) is 0 Å². The quantitative estimate of drug-likeness (QED) is 0.792. The van der Waals surface area contributed by atoms with Crippen molar-refractivity contribution in [2.45, 2.75) is 58.0 Å². The molecule has 2 aliphatic rings. The van der Waals surface area contributed by atoms with Gasteiger partial charge in [0.2, 0.25) is 0 Å². The third-order valence-electron chi connectivity index (χ3n) is 4.71. The molecule has 1 aliphatic carbocycles. The van der Waals surface area contributed by atoms with Crippen LogP contribution in [0.25, 0.3) is 0 Å². The predicted molar refractivity (Wildman–Crippen MR) is 69.6 cm³/mol. The molecule has 94 valence electrons. The fraction of sp³-hybridized carbons (Fsp3) is 1.00. The van der Waals surface area contributed by atoms with E-state index < -0.39 is 0 Å². The molecule has 4 atom stereocenters. The van der Waals surface area contributed by atoms with Gasteiger partial charge < -0.3 is 10.2 Å². The van der Waals surface area contributed by atoms with Crippen LogP contribution in [0.1, 0.15) is 46.0 Å². The van der Waals surface area contributed by atoms with Crippen LogP contribution >= 0.6 is 0 Å². The number of nitrogens with one attached hydrogen (secondary N) is 1. The fourth-order valence-corrected chi connectivity index (χ4v) is 3.32. The molecule has 1 aliphatic heterocycles. The van der Waals surface area contributed by atoms with Crippen molar-refractivity contribution in [2.24, 2.45) is 11.8 Å². The molecule has 2 nitrogen and oxygen atoms in total. The minimum atomic E-state index is 0.758. The lowest BCUT2D eigenvalue weighted by atomic mass is 9.98. The summed E-state index contributed by atoms with van der Waals surface area (Å²) in [7, 11) is 2.25. The van der Waals surface area contributed by atoms with Gasteiger partial charge in [0.15, 0.2) is 0 Å². The van der Waals surface area contributed by atoms with Gasteiger partial charge in [-0.25, -0.2) is 0 Å². The van der Waals surface area contributed by atoms with E-state index in [9.17, 15) is 0 Å². The molecule has 1 heterocycles. The van der Waals surface area contributed by atoms with Crippen LogP contribution in [-0.4, -0.2) is 37.1 Å². The summed E-state index contributed by atoms with van der Waals surface area (Å²) in [5, 5.41) is 3.81. The highest BCUT2D eigenvalue weighted by Gasteiger charge is 2.25. The smallest absolute Gasteiger partial charge is 0.00941 e. The summed E-state index contributed by atoms with van der Waals surface area (Å²) in [6, 6.07) is 1.54. The Kier molecular flexibility index (Phi) is 4.26. The third kappa shape index (κ3) is 3.21. The zero-order valence-corrected chi connectivity index (χ0v) is 11.2. The largest absolute Gasteiger partial charge is 0.314 e. The first kappa shape index (κ1) is 12.4. The van der Waals surface area contributed by atoms with Gasteiger partial charge in [0.25, 0.3) is 0 Å². The van der Waals surface area contributed by atoms with Crippen molar-refractivity contribution < 1.29 is 0 Å². The first-order valence-electron chi connectivity index (χ1n) is 7.08.